The first-order chi connectivity index (χ1) is 11.8. The lowest BCUT2D eigenvalue weighted by molar-refractivity contribution is 0.0225. The molecule has 0 bridgehead atoms. The highest BCUT2D eigenvalue weighted by Crippen LogP contribution is 2.27. The number of nitrogens with zero attached hydrogens (tertiary/aromatic N) is 3. The van der Waals surface area contributed by atoms with Crippen LogP contribution in [0.3, 0.4) is 0 Å². The second-order valence-corrected chi connectivity index (χ2v) is 7.17. The summed E-state index contributed by atoms with van der Waals surface area (Å²) >= 11 is 0. The molecule has 0 radical (unpaired) electrons. The van der Waals surface area contributed by atoms with Crippen LogP contribution in [0.15, 0.2) is 29.1 Å². The van der Waals surface area contributed by atoms with E-state index in [2.05, 4.69) is 10.4 Å². The predicted octanol–water partition coefficient (Wildman–Crippen LogP) is 1.24. The number of amides is 2. The van der Waals surface area contributed by atoms with E-state index in [1.807, 2.05) is 18.2 Å². The molecule has 1 saturated heterocycles. The fourth-order valence-electron chi connectivity index (χ4n) is 3.30. The molecule has 1 aromatic carbocycles. The number of carbonyl (C=O) groups excluding carboxylic acids is 1. The van der Waals surface area contributed by atoms with Gasteiger partial charge >= 0.3 is 6.03 Å². The van der Waals surface area contributed by atoms with Gasteiger partial charge in [0.1, 0.15) is 0 Å². The molecule has 134 valence electrons. The molecular weight excluding hydrogens is 320 g/mol. The van der Waals surface area contributed by atoms with Crippen molar-refractivity contribution in [3.8, 4) is 0 Å². The van der Waals surface area contributed by atoms with Crippen molar-refractivity contribution in [3.63, 3.8) is 0 Å². The number of aliphatic hydroxyl groups is 1. The van der Waals surface area contributed by atoms with E-state index in [0.717, 1.165) is 11.8 Å². The summed E-state index contributed by atoms with van der Waals surface area (Å²) in [6.45, 7) is 4.97. The van der Waals surface area contributed by atoms with Crippen molar-refractivity contribution in [3.05, 3.63) is 40.3 Å². The van der Waals surface area contributed by atoms with Crippen molar-refractivity contribution < 1.29 is 9.90 Å². The van der Waals surface area contributed by atoms with Gasteiger partial charge < -0.3 is 15.3 Å². The van der Waals surface area contributed by atoms with Crippen molar-refractivity contribution in [2.24, 2.45) is 13.0 Å². The minimum atomic E-state index is -0.787. The van der Waals surface area contributed by atoms with Crippen LogP contribution in [0.5, 0.6) is 0 Å². The molecule has 0 aliphatic carbocycles. The number of hydrogen-bond acceptors (Lipinski definition) is 4. The minimum Gasteiger partial charge on any atom is -0.390 e. The van der Waals surface area contributed by atoms with E-state index in [1.54, 1.807) is 31.9 Å². The Kier molecular flexibility index (Phi) is 4.51. The molecule has 0 saturated carbocycles. The van der Waals surface area contributed by atoms with Gasteiger partial charge in [0.05, 0.1) is 23.2 Å². The number of rotatable bonds is 3. The largest absolute Gasteiger partial charge is 0.390 e. The molecule has 1 aliphatic heterocycles. The van der Waals surface area contributed by atoms with Gasteiger partial charge in [0, 0.05) is 31.4 Å². The lowest BCUT2D eigenvalue weighted by Gasteiger charge is -2.25. The number of hydrogen-bond donors (Lipinski definition) is 2. The zero-order chi connectivity index (χ0) is 18.2. The molecule has 1 fully saturated rings. The van der Waals surface area contributed by atoms with Crippen LogP contribution in [0.1, 0.15) is 26.0 Å². The Balaban J connectivity index is 1.72. The second-order valence-electron chi connectivity index (χ2n) is 7.17. The highest BCUT2D eigenvalue weighted by atomic mass is 16.3. The first kappa shape index (κ1) is 17.4. The van der Waals surface area contributed by atoms with E-state index >= 15 is 0 Å². The lowest BCUT2D eigenvalue weighted by atomic mass is 9.91. The SMILES string of the molecule is Cn1nc(CNC(=O)N2CCC(C(C)(C)O)C2)c2ccccc2c1=O. The topological polar surface area (TPSA) is 87.5 Å². The molecule has 2 amide bonds. The molecule has 2 N–H and O–H groups in total. The molecule has 1 unspecified atom stereocenters. The lowest BCUT2D eigenvalue weighted by Crippen LogP contribution is -2.40. The smallest absolute Gasteiger partial charge is 0.317 e. The van der Waals surface area contributed by atoms with Crippen LogP contribution in [0.4, 0.5) is 4.79 Å². The van der Waals surface area contributed by atoms with Crippen LogP contribution in [-0.2, 0) is 13.6 Å². The Bertz CT molecular complexity index is 854. The molecule has 1 atom stereocenters. The highest BCUT2D eigenvalue weighted by Gasteiger charge is 2.35. The fraction of sp³-hybridized carbons (Fsp3) is 0.500. The number of carbonyl (C=O) groups is 1. The third-order valence-electron chi connectivity index (χ3n) is 4.91. The van der Waals surface area contributed by atoms with E-state index < -0.39 is 5.60 Å². The maximum Gasteiger partial charge on any atom is 0.317 e. The van der Waals surface area contributed by atoms with Crippen molar-refractivity contribution in [2.45, 2.75) is 32.4 Å². The first-order valence-corrected chi connectivity index (χ1v) is 8.47. The third kappa shape index (κ3) is 3.51. The number of nitrogens with one attached hydrogen (secondary N) is 1. The quantitative estimate of drug-likeness (QED) is 0.877. The van der Waals surface area contributed by atoms with Crippen LogP contribution >= 0.6 is 0 Å². The van der Waals surface area contributed by atoms with Gasteiger partial charge in [-0.1, -0.05) is 18.2 Å². The Hall–Kier alpha value is -2.41. The monoisotopic (exact) mass is 344 g/mol. The number of urea groups is 1. The zero-order valence-electron chi connectivity index (χ0n) is 14.8. The standard InChI is InChI=1S/C18H24N4O3/c1-18(2,25)12-8-9-22(11-12)17(24)19-10-15-13-6-4-5-7-14(13)16(23)21(3)20-15/h4-7,12,25H,8-11H2,1-3H3,(H,19,24). The molecule has 7 heteroatoms. The Morgan fingerprint density at radius 1 is 1.36 bits per heavy atom. The second kappa shape index (κ2) is 6.48. The molecule has 1 aliphatic rings. The van der Waals surface area contributed by atoms with Crippen LogP contribution in [0.25, 0.3) is 10.8 Å². The summed E-state index contributed by atoms with van der Waals surface area (Å²) in [5.41, 5.74) is -0.285. The van der Waals surface area contributed by atoms with E-state index in [9.17, 15) is 14.7 Å². The van der Waals surface area contributed by atoms with E-state index in [-0.39, 0.29) is 24.1 Å². The fourth-order valence-corrected chi connectivity index (χ4v) is 3.30. The van der Waals surface area contributed by atoms with Crippen molar-refractivity contribution in [1.82, 2.24) is 20.0 Å². The van der Waals surface area contributed by atoms with Crippen molar-refractivity contribution in [2.75, 3.05) is 13.1 Å². The normalized spacial score (nSPS) is 17.9. The van der Waals surface area contributed by atoms with Gasteiger partial charge in [-0.15, -0.1) is 0 Å². The van der Waals surface area contributed by atoms with Gasteiger partial charge in [-0.3, -0.25) is 4.79 Å². The Morgan fingerprint density at radius 2 is 2.04 bits per heavy atom. The number of benzene rings is 1. The summed E-state index contributed by atoms with van der Waals surface area (Å²) in [5, 5.41) is 18.6. The minimum absolute atomic E-state index is 0.0785. The summed E-state index contributed by atoms with van der Waals surface area (Å²) in [5.74, 6) is 0.0785. The first-order valence-electron chi connectivity index (χ1n) is 8.47. The highest BCUT2D eigenvalue weighted by molar-refractivity contribution is 5.84. The molecule has 7 nitrogen and oxygen atoms in total. The Labute approximate surface area is 146 Å². The number of aromatic nitrogens is 2. The van der Waals surface area contributed by atoms with Crippen LogP contribution < -0.4 is 10.9 Å². The number of aryl methyl sites for hydroxylation is 1. The third-order valence-corrected chi connectivity index (χ3v) is 4.91. The number of likely N-dealkylation sites (tertiary alicyclic amines) is 1. The van der Waals surface area contributed by atoms with Gasteiger partial charge in [0.2, 0.25) is 0 Å². The van der Waals surface area contributed by atoms with E-state index in [1.165, 1.54) is 4.68 Å². The molecule has 0 spiro atoms. The van der Waals surface area contributed by atoms with Crippen molar-refractivity contribution in [1.29, 1.82) is 0 Å². The summed E-state index contributed by atoms with van der Waals surface area (Å²) in [6.07, 6.45) is 0.790. The molecule has 3 rings (SSSR count). The van der Waals surface area contributed by atoms with Gasteiger partial charge in [0.15, 0.2) is 0 Å². The van der Waals surface area contributed by atoms with Gasteiger partial charge in [-0.25, -0.2) is 9.48 Å². The van der Waals surface area contributed by atoms with Gasteiger partial charge in [-0.05, 0) is 26.3 Å². The summed E-state index contributed by atoms with van der Waals surface area (Å²) in [4.78, 5) is 26.3. The summed E-state index contributed by atoms with van der Waals surface area (Å²) in [7, 11) is 1.61. The molecule has 25 heavy (non-hydrogen) atoms. The zero-order valence-corrected chi connectivity index (χ0v) is 14.8. The average molecular weight is 344 g/mol. The van der Waals surface area contributed by atoms with E-state index in [0.29, 0.717) is 24.2 Å². The van der Waals surface area contributed by atoms with Crippen LogP contribution in [0.2, 0.25) is 0 Å². The summed E-state index contributed by atoms with van der Waals surface area (Å²) < 4.78 is 1.30. The van der Waals surface area contributed by atoms with Crippen LogP contribution in [-0.4, -0.2) is 44.5 Å². The van der Waals surface area contributed by atoms with Gasteiger partial charge in [-0.2, -0.15) is 5.10 Å². The van der Waals surface area contributed by atoms with Gasteiger partial charge in [0.25, 0.3) is 5.56 Å². The average Bonchev–Trinajstić information content (AvgIpc) is 3.07. The molecule has 2 aromatic rings. The molecule has 1 aromatic heterocycles. The predicted molar refractivity (Wildman–Crippen MR) is 95.2 cm³/mol. The van der Waals surface area contributed by atoms with Crippen LogP contribution in [0, 0.1) is 5.92 Å². The molecule has 2 heterocycles. The maximum atomic E-state index is 12.4. The summed E-state index contributed by atoms with van der Waals surface area (Å²) in [6, 6.07) is 7.09. The Morgan fingerprint density at radius 3 is 2.68 bits per heavy atom. The van der Waals surface area contributed by atoms with E-state index in [4.69, 9.17) is 0 Å². The number of fused-ring (bicyclic) bond motifs is 1. The molecular formula is C18H24N4O3. The van der Waals surface area contributed by atoms with Crippen molar-refractivity contribution >= 4 is 16.8 Å². The maximum absolute atomic E-state index is 12.4.